The smallest absolute Gasteiger partial charge is 0.0595 e. The Hall–Kier alpha value is -0.280. The SMILES string of the molecule is CCC1CC(NC(C)c2ccc(Cl)c(Cl)c2)CCO1. The highest BCUT2D eigenvalue weighted by molar-refractivity contribution is 6.42. The van der Waals surface area contributed by atoms with Crippen LogP contribution in [0.1, 0.15) is 44.7 Å². The Labute approximate surface area is 125 Å². The van der Waals surface area contributed by atoms with E-state index in [1.165, 1.54) is 5.56 Å². The first-order valence-corrected chi connectivity index (χ1v) is 7.68. The van der Waals surface area contributed by atoms with Crippen LogP contribution in [0.5, 0.6) is 0 Å². The summed E-state index contributed by atoms with van der Waals surface area (Å²) in [5.41, 5.74) is 1.17. The summed E-state index contributed by atoms with van der Waals surface area (Å²) in [6.07, 6.45) is 3.64. The summed E-state index contributed by atoms with van der Waals surface area (Å²) >= 11 is 12.0. The Kier molecular flexibility index (Phi) is 5.52. The van der Waals surface area contributed by atoms with Crippen molar-refractivity contribution in [2.75, 3.05) is 6.61 Å². The fraction of sp³-hybridized carbons (Fsp3) is 0.600. The van der Waals surface area contributed by atoms with Gasteiger partial charge in [-0.1, -0.05) is 36.2 Å². The van der Waals surface area contributed by atoms with Crippen molar-refractivity contribution in [2.45, 2.75) is 51.3 Å². The van der Waals surface area contributed by atoms with Crippen LogP contribution >= 0.6 is 23.2 Å². The quantitative estimate of drug-likeness (QED) is 0.877. The minimum atomic E-state index is 0.273. The molecule has 1 heterocycles. The molecule has 3 unspecified atom stereocenters. The predicted molar refractivity (Wildman–Crippen MR) is 81.1 cm³/mol. The van der Waals surface area contributed by atoms with Crippen LogP contribution in [0.25, 0.3) is 0 Å². The Morgan fingerprint density at radius 2 is 2.16 bits per heavy atom. The van der Waals surface area contributed by atoms with Crippen molar-refractivity contribution in [3.63, 3.8) is 0 Å². The molecule has 2 nitrogen and oxygen atoms in total. The van der Waals surface area contributed by atoms with Crippen molar-refractivity contribution in [2.24, 2.45) is 0 Å². The van der Waals surface area contributed by atoms with E-state index in [-0.39, 0.29) is 6.04 Å². The van der Waals surface area contributed by atoms with E-state index < -0.39 is 0 Å². The van der Waals surface area contributed by atoms with E-state index in [1.807, 2.05) is 18.2 Å². The van der Waals surface area contributed by atoms with Gasteiger partial charge in [-0.3, -0.25) is 0 Å². The van der Waals surface area contributed by atoms with E-state index in [9.17, 15) is 0 Å². The fourth-order valence-corrected chi connectivity index (χ4v) is 2.85. The summed E-state index contributed by atoms with van der Waals surface area (Å²) in [6.45, 7) is 5.19. The summed E-state index contributed by atoms with van der Waals surface area (Å²) < 4.78 is 5.70. The zero-order chi connectivity index (χ0) is 13.8. The maximum atomic E-state index is 6.07. The molecule has 1 aliphatic rings. The van der Waals surface area contributed by atoms with Crippen LogP contribution in [0.15, 0.2) is 18.2 Å². The maximum Gasteiger partial charge on any atom is 0.0595 e. The van der Waals surface area contributed by atoms with Gasteiger partial charge in [0.15, 0.2) is 0 Å². The number of halogens is 2. The Morgan fingerprint density at radius 1 is 1.37 bits per heavy atom. The first kappa shape index (κ1) is 15.1. The van der Waals surface area contributed by atoms with Crippen molar-refractivity contribution in [1.29, 1.82) is 0 Å². The molecule has 1 N–H and O–H groups in total. The molecule has 1 saturated heterocycles. The second kappa shape index (κ2) is 6.94. The Morgan fingerprint density at radius 3 is 2.84 bits per heavy atom. The first-order valence-electron chi connectivity index (χ1n) is 6.92. The van der Waals surface area contributed by atoms with Crippen LogP contribution in [0, 0.1) is 0 Å². The Balaban J connectivity index is 1.96. The van der Waals surface area contributed by atoms with Gasteiger partial charge in [0.05, 0.1) is 16.1 Å². The van der Waals surface area contributed by atoms with Crippen LogP contribution in [0.2, 0.25) is 10.0 Å². The fourth-order valence-electron chi connectivity index (χ4n) is 2.55. The molecule has 0 aromatic heterocycles. The molecular weight excluding hydrogens is 281 g/mol. The first-order chi connectivity index (χ1) is 9.10. The van der Waals surface area contributed by atoms with Gasteiger partial charge in [0.1, 0.15) is 0 Å². The number of ether oxygens (including phenoxy) is 1. The van der Waals surface area contributed by atoms with Gasteiger partial charge in [0.2, 0.25) is 0 Å². The molecule has 106 valence electrons. The summed E-state index contributed by atoms with van der Waals surface area (Å²) in [7, 11) is 0. The maximum absolute atomic E-state index is 6.07. The lowest BCUT2D eigenvalue weighted by Crippen LogP contribution is -2.39. The number of nitrogens with one attached hydrogen (secondary N) is 1. The average Bonchev–Trinajstić information content (AvgIpc) is 2.42. The summed E-state index contributed by atoms with van der Waals surface area (Å²) in [4.78, 5) is 0. The number of rotatable bonds is 4. The lowest BCUT2D eigenvalue weighted by Gasteiger charge is -2.32. The third-order valence-corrected chi connectivity index (χ3v) is 4.49. The number of hydrogen-bond donors (Lipinski definition) is 1. The lowest BCUT2D eigenvalue weighted by molar-refractivity contribution is -0.00165. The second-order valence-electron chi connectivity index (χ2n) is 5.18. The standard InChI is InChI=1S/C15H21Cl2NO/c1-3-13-9-12(6-7-19-13)18-10(2)11-4-5-14(16)15(17)8-11/h4-5,8,10,12-13,18H,3,6-7,9H2,1-2H3. The number of benzene rings is 1. The van der Waals surface area contributed by atoms with Crippen molar-refractivity contribution < 1.29 is 4.74 Å². The minimum Gasteiger partial charge on any atom is -0.378 e. The molecule has 1 aliphatic heterocycles. The van der Waals surface area contributed by atoms with Gasteiger partial charge < -0.3 is 10.1 Å². The highest BCUT2D eigenvalue weighted by Gasteiger charge is 2.22. The van der Waals surface area contributed by atoms with E-state index in [0.29, 0.717) is 22.2 Å². The molecule has 3 atom stereocenters. The molecule has 0 bridgehead atoms. The lowest BCUT2D eigenvalue weighted by atomic mass is 9.99. The molecule has 1 aromatic carbocycles. The largest absolute Gasteiger partial charge is 0.378 e. The van der Waals surface area contributed by atoms with E-state index in [2.05, 4.69) is 19.2 Å². The van der Waals surface area contributed by atoms with Crippen molar-refractivity contribution in [1.82, 2.24) is 5.32 Å². The van der Waals surface area contributed by atoms with Crippen LogP contribution in [-0.2, 0) is 4.74 Å². The molecule has 0 saturated carbocycles. The summed E-state index contributed by atoms with van der Waals surface area (Å²) in [5, 5.41) is 4.89. The summed E-state index contributed by atoms with van der Waals surface area (Å²) in [5.74, 6) is 0. The zero-order valence-corrected chi connectivity index (χ0v) is 13.0. The third kappa shape index (κ3) is 4.09. The highest BCUT2D eigenvalue weighted by atomic mass is 35.5. The molecule has 0 aliphatic carbocycles. The molecule has 19 heavy (non-hydrogen) atoms. The number of hydrogen-bond acceptors (Lipinski definition) is 2. The van der Waals surface area contributed by atoms with Crippen LogP contribution in [0.3, 0.4) is 0 Å². The van der Waals surface area contributed by atoms with Gasteiger partial charge in [-0.05, 0) is 43.9 Å². The van der Waals surface area contributed by atoms with E-state index >= 15 is 0 Å². The normalized spacial score (nSPS) is 25.3. The summed E-state index contributed by atoms with van der Waals surface area (Å²) in [6, 6.07) is 6.62. The van der Waals surface area contributed by atoms with Crippen LogP contribution in [-0.4, -0.2) is 18.8 Å². The molecule has 0 amide bonds. The molecule has 2 rings (SSSR count). The van der Waals surface area contributed by atoms with Crippen molar-refractivity contribution >= 4 is 23.2 Å². The van der Waals surface area contributed by atoms with Gasteiger partial charge in [-0.2, -0.15) is 0 Å². The van der Waals surface area contributed by atoms with E-state index in [0.717, 1.165) is 25.9 Å². The van der Waals surface area contributed by atoms with Crippen molar-refractivity contribution in [3.05, 3.63) is 33.8 Å². The second-order valence-corrected chi connectivity index (χ2v) is 6.00. The van der Waals surface area contributed by atoms with Gasteiger partial charge in [0, 0.05) is 18.7 Å². The molecule has 4 heteroatoms. The van der Waals surface area contributed by atoms with Gasteiger partial charge in [0.25, 0.3) is 0 Å². The van der Waals surface area contributed by atoms with Gasteiger partial charge in [-0.25, -0.2) is 0 Å². The van der Waals surface area contributed by atoms with Gasteiger partial charge >= 0.3 is 0 Å². The van der Waals surface area contributed by atoms with Crippen LogP contribution in [0.4, 0.5) is 0 Å². The van der Waals surface area contributed by atoms with Gasteiger partial charge in [-0.15, -0.1) is 0 Å². The van der Waals surface area contributed by atoms with E-state index in [4.69, 9.17) is 27.9 Å². The topological polar surface area (TPSA) is 21.3 Å². The molecule has 1 aromatic rings. The molecule has 0 spiro atoms. The predicted octanol–water partition coefficient (Wildman–Crippen LogP) is 4.60. The average molecular weight is 302 g/mol. The molecule has 1 fully saturated rings. The van der Waals surface area contributed by atoms with Crippen LogP contribution < -0.4 is 5.32 Å². The highest BCUT2D eigenvalue weighted by Crippen LogP contribution is 2.26. The van der Waals surface area contributed by atoms with E-state index in [1.54, 1.807) is 0 Å². The van der Waals surface area contributed by atoms with Crippen molar-refractivity contribution in [3.8, 4) is 0 Å². The minimum absolute atomic E-state index is 0.273. The third-order valence-electron chi connectivity index (χ3n) is 3.75. The monoisotopic (exact) mass is 301 g/mol. The zero-order valence-electron chi connectivity index (χ0n) is 11.5. The molecule has 0 radical (unpaired) electrons. The Bertz CT molecular complexity index is 425. The molecular formula is C15H21Cl2NO.